The Labute approximate surface area is 208 Å². The average molecular weight is 512 g/mol. The molecule has 0 bridgehead atoms. The van der Waals surface area contributed by atoms with Gasteiger partial charge in [0.15, 0.2) is 5.75 Å². The number of nitrogens with one attached hydrogen (secondary N) is 1. The zero-order valence-electron chi connectivity index (χ0n) is 18.9. The Kier molecular flexibility index (Phi) is 6.68. The van der Waals surface area contributed by atoms with Gasteiger partial charge in [0.1, 0.15) is 23.2 Å². The van der Waals surface area contributed by atoms with Gasteiger partial charge in [0.25, 0.3) is 5.91 Å². The third-order valence-electron chi connectivity index (χ3n) is 5.19. The Balaban J connectivity index is 1.48. The fourth-order valence-electron chi connectivity index (χ4n) is 3.38. The van der Waals surface area contributed by atoms with E-state index >= 15 is 0 Å². The number of nitrogens with zero attached hydrogens (tertiary/aromatic N) is 4. The van der Waals surface area contributed by atoms with Crippen molar-refractivity contribution in [3.63, 3.8) is 0 Å². The molecular weight excluding hydrogens is 495 g/mol. The molecule has 0 radical (unpaired) electrons. The molecule has 0 fully saturated rings. The number of hydrogen-bond acceptors (Lipinski definition) is 5. The van der Waals surface area contributed by atoms with Crippen LogP contribution in [0.5, 0.6) is 11.5 Å². The molecule has 0 spiro atoms. The average Bonchev–Trinajstić information content (AvgIpc) is 3.12. The molecule has 4 aromatic rings. The summed E-state index contributed by atoms with van der Waals surface area (Å²) >= 11 is 6.15. The molecule has 1 N–H and O–H groups in total. The summed E-state index contributed by atoms with van der Waals surface area (Å²) in [6, 6.07) is 15.2. The van der Waals surface area contributed by atoms with Crippen LogP contribution >= 0.6 is 11.6 Å². The molecule has 182 valence electrons. The Bertz CT molecular complexity index is 1470. The van der Waals surface area contributed by atoms with Gasteiger partial charge in [-0.05, 0) is 68.4 Å². The van der Waals surface area contributed by atoms with Crippen LogP contribution in [0.3, 0.4) is 0 Å². The smallest absolute Gasteiger partial charge is 0.433 e. The van der Waals surface area contributed by atoms with Crippen LogP contribution in [0.1, 0.15) is 33.0 Å². The Hall–Kier alpha value is -4.36. The molecule has 0 saturated carbocycles. The predicted molar refractivity (Wildman–Crippen MR) is 126 cm³/mol. The number of nitriles is 1. The Morgan fingerprint density at radius 1 is 1.11 bits per heavy atom. The second-order valence-corrected chi connectivity index (χ2v) is 8.11. The van der Waals surface area contributed by atoms with Gasteiger partial charge < -0.3 is 10.1 Å². The normalized spacial score (nSPS) is 11.1. The lowest BCUT2D eigenvalue weighted by Crippen LogP contribution is -2.13. The van der Waals surface area contributed by atoms with Crippen LogP contribution in [0.25, 0.3) is 5.69 Å². The van der Waals surface area contributed by atoms with E-state index < -0.39 is 17.8 Å². The molecule has 0 aliphatic heterocycles. The van der Waals surface area contributed by atoms with Crippen LogP contribution in [0.2, 0.25) is 5.02 Å². The highest BCUT2D eigenvalue weighted by molar-refractivity contribution is 6.31. The number of pyridine rings is 1. The van der Waals surface area contributed by atoms with Gasteiger partial charge in [-0.1, -0.05) is 11.6 Å². The maximum atomic E-state index is 12.6. The summed E-state index contributed by atoms with van der Waals surface area (Å²) in [5, 5.41) is 16.4. The van der Waals surface area contributed by atoms with Crippen LogP contribution in [0.15, 0.2) is 60.8 Å². The molecular formula is C25H17ClF3N5O2. The van der Waals surface area contributed by atoms with Gasteiger partial charge in [-0.25, -0.2) is 9.67 Å². The summed E-state index contributed by atoms with van der Waals surface area (Å²) in [7, 11) is 0. The number of anilines is 1. The molecule has 2 aromatic carbocycles. The zero-order valence-corrected chi connectivity index (χ0v) is 19.6. The van der Waals surface area contributed by atoms with Crippen LogP contribution in [0, 0.1) is 25.2 Å². The molecule has 1 amide bonds. The summed E-state index contributed by atoms with van der Waals surface area (Å²) in [6.07, 6.45) is -3.61. The van der Waals surface area contributed by atoms with Crippen LogP contribution in [-0.2, 0) is 6.18 Å². The maximum absolute atomic E-state index is 12.6. The van der Waals surface area contributed by atoms with E-state index in [2.05, 4.69) is 15.4 Å². The first-order valence-corrected chi connectivity index (χ1v) is 10.8. The number of benzene rings is 2. The van der Waals surface area contributed by atoms with E-state index in [9.17, 15) is 18.0 Å². The summed E-state index contributed by atoms with van der Waals surface area (Å²) in [5.74, 6) is 0.454. The van der Waals surface area contributed by atoms with E-state index in [0.717, 1.165) is 18.3 Å². The van der Waals surface area contributed by atoms with E-state index in [0.29, 0.717) is 39.2 Å². The molecule has 7 nitrogen and oxygen atoms in total. The molecule has 0 unspecified atom stereocenters. The number of hydrogen-bond donors (Lipinski definition) is 1. The minimum absolute atomic E-state index is 0.134. The quantitative estimate of drug-likeness (QED) is 0.331. The van der Waals surface area contributed by atoms with E-state index in [4.69, 9.17) is 21.6 Å². The highest BCUT2D eigenvalue weighted by atomic mass is 35.5. The van der Waals surface area contributed by atoms with Gasteiger partial charge in [0.2, 0.25) is 0 Å². The molecule has 0 atom stereocenters. The lowest BCUT2D eigenvalue weighted by molar-refractivity contribution is -0.141. The van der Waals surface area contributed by atoms with Crippen molar-refractivity contribution in [2.45, 2.75) is 20.0 Å². The van der Waals surface area contributed by atoms with Crippen molar-refractivity contribution < 1.29 is 22.7 Å². The second kappa shape index (κ2) is 9.71. The highest BCUT2D eigenvalue weighted by Crippen LogP contribution is 2.31. The number of carbonyl (C=O) groups excluding carboxylic acids is 1. The van der Waals surface area contributed by atoms with E-state index in [1.54, 1.807) is 41.9 Å². The number of ether oxygens (including phenoxy) is 1. The number of aryl methyl sites for hydroxylation is 1. The second-order valence-electron chi connectivity index (χ2n) is 7.70. The van der Waals surface area contributed by atoms with Crippen molar-refractivity contribution in [3.8, 4) is 23.3 Å². The number of halogens is 4. The van der Waals surface area contributed by atoms with E-state index in [-0.39, 0.29) is 11.3 Å². The van der Waals surface area contributed by atoms with Gasteiger partial charge in [0.05, 0.1) is 33.9 Å². The van der Waals surface area contributed by atoms with Gasteiger partial charge in [-0.15, -0.1) is 0 Å². The van der Waals surface area contributed by atoms with Gasteiger partial charge in [-0.3, -0.25) is 4.79 Å². The number of rotatable bonds is 5. The SMILES string of the molecule is Cc1nn(-c2ccc(C#N)c(Cl)c2)c(C)c1Oc1ccc(C(=O)Nc2ccc(C(F)(F)F)nc2)cc1. The molecule has 0 saturated heterocycles. The molecule has 11 heteroatoms. The fraction of sp³-hybridized carbons (Fsp3) is 0.120. The first kappa shape index (κ1) is 24.8. The summed E-state index contributed by atoms with van der Waals surface area (Å²) in [6.45, 7) is 3.60. The van der Waals surface area contributed by atoms with Gasteiger partial charge in [-0.2, -0.15) is 23.5 Å². The monoisotopic (exact) mass is 511 g/mol. The van der Waals surface area contributed by atoms with Crippen molar-refractivity contribution in [2.24, 2.45) is 0 Å². The Morgan fingerprint density at radius 3 is 2.42 bits per heavy atom. The third kappa shape index (κ3) is 5.16. The summed E-state index contributed by atoms with van der Waals surface area (Å²) in [4.78, 5) is 15.8. The van der Waals surface area contributed by atoms with Gasteiger partial charge >= 0.3 is 6.18 Å². The molecule has 2 aromatic heterocycles. The first-order chi connectivity index (χ1) is 17.1. The molecule has 2 heterocycles. The predicted octanol–water partition coefficient (Wildman–Crippen LogP) is 6.47. The largest absolute Gasteiger partial charge is 0.453 e. The number of aromatic nitrogens is 3. The van der Waals surface area contributed by atoms with E-state index in [1.165, 1.54) is 12.1 Å². The summed E-state index contributed by atoms with van der Waals surface area (Å²) < 4.78 is 45.6. The van der Waals surface area contributed by atoms with Gasteiger partial charge in [0, 0.05) is 5.56 Å². The fourth-order valence-corrected chi connectivity index (χ4v) is 3.60. The third-order valence-corrected chi connectivity index (χ3v) is 5.50. The van der Waals surface area contributed by atoms with Crippen LogP contribution in [-0.4, -0.2) is 20.7 Å². The van der Waals surface area contributed by atoms with Crippen molar-refractivity contribution in [1.82, 2.24) is 14.8 Å². The first-order valence-electron chi connectivity index (χ1n) is 10.5. The molecule has 36 heavy (non-hydrogen) atoms. The minimum atomic E-state index is -4.55. The van der Waals surface area contributed by atoms with Crippen molar-refractivity contribution in [3.05, 3.63) is 94.0 Å². The summed E-state index contributed by atoms with van der Waals surface area (Å²) in [5.41, 5.74) is 1.71. The number of carbonyl (C=O) groups is 1. The zero-order chi connectivity index (χ0) is 26.0. The standard InChI is InChI=1S/C25H17ClF3N5O2/c1-14-23(15(2)34(33-14)19-7-3-17(12-30)21(26)11-19)36-20-8-4-16(5-9-20)24(35)32-18-6-10-22(31-13-18)25(27,28)29/h3-11,13H,1-2H3,(H,32,35). The number of amides is 1. The Morgan fingerprint density at radius 2 is 1.83 bits per heavy atom. The van der Waals surface area contributed by atoms with Crippen molar-refractivity contribution in [2.75, 3.05) is 5.32 Å². The van der Waals surface area contributed by atoms with Crippen LogP contribution < -0.4 is 10.1 Å². The molecule has 4 rings (SSSR count). The maximum Gasteiger partial charge on any atom is 0.433 e. The van der Waals surface area contributed by atoms with Crippen molar-refractivity contribution in [1.29, 1.82) is 5.26 Å². The topological polar surface area (TPSA) is 92.8 Å². The molecule has 0 aliphatic carbocycles. The number of alkyl halides is 3. The van der Waals surface area contributed by atoms with Crippen LogP contribution in [0.4, 0.5) is 18.9 Å². The lowest BCUT2D eigenvalue weighted by Gasteiger charge is -2.10. The van der Waals surface area contributed by atoms with E-state index in [1.807, 2.05) is 13.0 Å². The lowest BCUT2D eigenvalue weighted by atomic mass is 10.2. The van der Waals surface area contributed by atoms with Crippen molar-refractivity contribution >= 4 is 23.2 Å². The highest BCUT2D eigenvalue weighted by Gasteiger charge is 2.32. The minimum Gasteiger partial charge on any atom is -0.453 e. The molecule has 0 aliphatic rings.